The van der Waals surface area contributed by atoms with Crippen LogP contribution in [0.2, 0.25) is 0 Å². The second-order valence-corrected chi connectivity index (χ2v) is 5.87. The normalized spacial score (nSPS) is 24.4. The monoisotopic (exact) mass is 278 g/mol. The van der Waals surface area contributed by atoms with Crippen molar-refractivity contribution in [2.24, 2.45) is 5.92 Å². The molecule has 3 nitrogen and oxygen atoms in total. The fraction of sp³-hybridized carbons (Fsp3) is 0.562. The first kappa shape index (κ1) is 13.6. The van der Waals surface area contributed by atoms with E-state index in [-0.39, 0.29) is 23.6 Å². The minimum Gasteiger partial charge on any atom is -0.481 e. The minimum atomic E-state index is -0.763. The Morgan fingerprint density at radius 1 is 1.40 bits per heavy atom. The lowest BCUT2D eigenvalue weighted by Gasteiger charge is -2.47. The van der Waals surface area contributed by atoms with Crippen molar-refractivity contribution < 1.29 is 19.0 Å². The molecule has 20 heavy (non-hydrogen) atoms. The molecule has 1 aromatic rings. The molecule has 1 aliphatic heterocycles. The van der Waals surface area contributed by atoms with Gasteiger partial charge in [-0.15, -0.1) is 0 Å². The van der Waals surface area contributed by atoms with Gasteiger partial charge in [-0.05, 0) is 48.8 Å². The molecule has 1 N–H and O–H groups in total. The SMILES string of the molecule is O=C(O)CC1CCc2c(F)cccc2C12CCOCC2. The molecule has 1 spiro atoms. The molecule has 1 aromatic carbocycles. The minimum absolute atomic E-state index is 0.0817. The van der Waals surface area contributed by atoms with Gasteiger partial charge >= 0.3 is 5.97 Å². The molecule has 4 heteroatoms. The van der Waals surface area contributed by atoms with E-state index in [4.69, 9.17) is 4.74 Å². The van der Waals surface area contributed by atoms with Gasteiger partial charge in [0, 0.05) is 25.0 Å². The van der Waals surface area contributed by atoms with Crippen LogP contribution in [0.3, 0.4) is 0 Å². The summed E-state index contributed by atoms with van der Waals surface area (Å²) in [5, 5.41) is 9.18. The van der Waals surface area contributed by atoms with Crippen LogP contribution < -0.4 is 0 Å². The fourth-order valence-corrected chi connectivity index (χ4v) is 4.02. The van der Waals surface area contributed by atoms with Crippen LogP contribution >= 0.6 is 0 Å². The summed E-state index contributed by atoms with van der Waals surface area (Å²) in [7, 11) is 0. The van der Waals surface area contributed by atoms with E-state index in [9.17, 15) is 14.3 Å². The third-order valence-electron chi connectivity index (χ3n) is 4.99. The predicted molar refractivity (Wildman–Crippen MR) is 72.2 cm³/mol. The molecular formula is C16H19FO3. The molecule has 0 saturated carbocycles. The summed E-state index contributed by atoms with van der Waals surface area (Å²) < 4.78 is 19.5. The quantitative estimate of drug-likeness (QED) is 0.904. The van der Waals surface area contributed by atoms with E-state index in [1.807, 2.05) is 6.07 Å². The van der Waals surface area contributed by atoms with Gasteiger partial charge in [-0.1, -0.05) is 12.1 Å². The van der Waals surface area contributed by atoms with Gasteiger partial charge in [-0.3, -0.25) is 4.79 Å². The molecule has 1 aliphatic carbocycles. The molecule has 1 saturated heterocycles. The molecule has 1 unspecified atom stereocenters. The maximum Gasteiger partial charge on any atom is 0.303 e. The summed E-state index contributed by atoms with van der Waals surface area (Å²) >= 11 is 0. The molecular weight excluding hydrogens is 259 g/mol. The number of hydrogen-bond acceptors (Lipinski definition) is 2. The Balaban J connectivity index is 2.07. The average Bonchev–Trinajstić information content (AvgIpc) is 2.44. The van der Waals surface area contributed by atoms with Gasteiger partial charge in [0.25, 0.3) is 0 Å². The lowest BCUT2D eigenvalue weighted by Crippen LogP contribution is -2.45. The third kappa shape index (κ3) is 2.12. The van der Waals surface area contributed by atoms with Gasteiger partial charge in [0.1, 0.15) is 5.82 Å². The summed E-state index contributed by atoms with van der Waals surface area (Å²) in [5.74, 6) is -0.832. The van der Waals surface area contributed by atoms with Crippen LogP contribution in [-0.2, 0) is 21.4 Å². The van der Waals surface area contributed by atoms with E-state index < -0.39 is 5.97 Å². The first-order chi connectivity index (χ1) is 9.63. The van der Waals surface area contributed by atoms with Crippen molar-refractivity contribution in [3.05, 3.63) is 35.1 Å². The number of carboxylic acids is 1. The Morgan fingerprint density at radius 3 is 2.85 bits per heavy atom. The number of carboxylic acid groups (broad SMARTS) is 1. The first-order valence-electron chi connectivity index (χ1n) is 7.21. The van der Waals surface area contributed by atoms with Gasteiger partial charge in [0.15, 0.2) is 0 Å². The number of fused-ring (bicyclic) bond motifs is 2. The molecule has 1 fully saturated rings. The van der Waals surface area contributed by atoms with E-state index in [0.717, 1.165) is 30.4 Å². The molecule has 0 aromatic heterocycles. The zero-order valence-corrected chi connectivity index (χ0v) is 11.4. The average molecular weight is 278 g/mol. The smallest absolute Gasteiger partial charge is 0.303 e. The van der Waals surface area contributed by atoms with Crippen LogP contribution in [-0.4, -0.2) is 24.3 Å². The van der Waals surface area contributed by atoms with E-state index in [1.165, 1.54) is 6.07 Å². The highest BCUT2D eigenvalue weighted by molar-refractivity contribution is 5.67. The Bertz CT molecular complexity index is 520. The van der Waals surface area contributed by atoms with Crippen molar-refractivity contribution in [3.8, 4) is 0 Å². The summed E-state index contributed by atoms with van der Waals surface area (Å²) in [6.45, 7) is 1.26. The Kier molecular flexibility index (Phi) is 3.50. The predicted octanol–water partition coefficient (Wildman–Crippen LogP) is 2.91. The van der Waals surface area contributed by atoms with Gasteiger partial charge < -0.3 is 9.84 Å². The highest BCUT2D eigenvalue weighted by Crippen LogP contribution is 2.49. The Morgan fingerprint density at radius 2 is 2.15 bits per heavy atom. The third-order valence-corrected chi connectivity index (χ3v) is 4.99. The molecule has 0 amide bonds. The van der Waals surface area contributed by atoms with Crippen molar-refractivity contribution in [1.82, 2.24) is 0 Å². The Hall–Kier alpha value is -1.42. The highest BCUT2D eigenvalue weighted by Gasteiger charge is 2.46. The van der Waals surface area contributed by atoms with Gasteiger partial charge in [-0.2, -0.15) is 0 Å². The molecule has 108 valence electrons. The van der Waals surface area contributed by atoms with E-state index in [1.54, 1.807) is 6.07 Å². The lowest BCUT2D eigenvalue weighted by molar-refractivity contribution is -0.139. The summed E-state index contributed by atoms with van der Waals surface area (Å²) in [5.41, 5.74) is 1.60. The van der Waals surface area contributed by atoms with Crippen LogP contribution in [0.1, 0.15) is 36.8 Å². The van der Waals surface area contributed by atoms with Crippen molar-refractivity contribution >= 4 is 5.97 Å². The van der Waals surface area contributed by atoms with Gasteiger partial charge in [0.05, 0.1) is 0 Å². The number of benzene rings is 1. The molecule has 1 heterocycles. The number of rotatable bonds is 2. The van der Waals surface area contributed by atoms with Crippen molar-refractivity contribution in [1.29, 1.82) is 0 Å². The largest absolute Gasteiger partial charge is 0.481 e. The van der Waals surface area contributed by atoms with Crippen molar-refractivity contribution in [3.63, 3.8) is 0 Å². The second-order valence-electron chi connectivity index (χ2n) is 5.87. The van der Waals surface area contributed by atoms with E-state index in [0.29, 0.717) is 19.6 Å². The number of carbonyl (C=O) groups is 1. The van der Waals surface area contributed by atoms with Crippen molar-refractivity contribution in [2.75, 3.05) is 13.2 Å². The summed E-state index contributed by atoms with van der Waals surface area (Å²) in [6, 6.07) is 5.23. The van der Waals surface area contributed by atoms with Crippen LogP contribution in [0.5, 0.6) is 0 Å². The zero-order valence-electron chi connectivity index (χ0n) is 11.4. The maximum absolute atomic E-state index is 14.1. The van der Waals surface area contributed by atoms with Gasteiger partial charge in [0.2, 0.25) is 0 Å². The number of ether oxygens (including phenoxy) is 1. The molecule has 0 radical (unpaired) electrons. The van der Waals surface area contributed by atoms with Crippen LogP contribution in [0, 0.1) is 11.7 Å². The lowest BCUT2D eigenvalue weighted by atomic mass is 9.58. The van der Waals surface area contributed by atoms with Crippen molar-refractivity contribution in [2.45, 2.75) is 37.5 Å². The standard InChI is InChI=1S/C16H19FO3/c17-14-3-1-2-13-12(14)5-4-11(10-15(18)19)16(13)6-8-20-9-7-16/h1-3,11H,4-10H2,(H,18,19). The maximum atomic E-state index is 14.1. The zero-order chi connectivity index (χ0) is 14.2. The number of hydrogen-bond donors (Lipinski definition) is 1. The molecule has 1 atom stereocenters. The fourth-order valence-electron chi connectivity index (χ4n) is 4.02. The van der Waals surface area contributed by atoms with Crippen LogP contribution in [0.15, 0.2) is 18.2 Å². The molecule has 0 bridgehead atoms. The second kappa shape index (κ2) is 5.17. The highest BCUT2D eigenvalue weighted by atomic mass is 19.1. The van der Waals surface area contributed by atoms with Crippen LogP contribution in [0.4, 0.5) is 4.39 Å². The summed E-state index contributed by atoms with van der Waals surface area (Å²) in [6.07, 6.45) is 3.14. The Labute approximate surface area is 117 Å². The number of halogens is 1. The molecule has 3 rings (SSSR count). The topological polar surface area (TPSA) is 46.5 Å². The number of aliphatic carboxylic acids is 1. The van der Waals surface area contributed by atoms with E-state index >= 15 is 0 Å². The first-order valence-corrected chi connectivity index (χ1v) is 7.21. The molecule has 2 aliphatic rings. The van der Waals surface area contributed by atoms with Crippen LogP contribution in [0.25, 0.3) is 0 Å². The summed E-state index contributed by atoms with van der Waals surface area (Å²) in [4.78, 5) is 11.2. The van der Waals surface area contributed by atoms with Gasteiger partial charge in [-0.25, -0.2) is 4.39 Å². The van der Waals surface area contributed by atoms with E-state index in [2.05, 4.69) is 0 Å².